The normalized spacial score (nSPS) is 10.4. The van der Waals surface area contributed by atoms with Crippen molar-refractivity contribution in [3.8, 4) is 5.75 Å². The van der Waals surface area contributed by atoms with Crippen LogP contribution in [0.15, 0.2) is 42.5 Å². The first-order valence-corrected chi connectivity index (χ1v) is 10.4. The van der Waals surface area contributed by atoms with Gasteiger partial charge in [0, 0.05) is 5.69 Å². The van der Waals surface area contributed by atoms with Crippen LogP contribution in [-0.4, -0.2) is 17.6 Å². The highest BCUT2D eigenvalue weighted by Crippen LogP contribution is 2.22. The molecule has 2 rings (SSSR count). The number of carbonyl (C=O) groups excluding carboxylic acids is 1. The van der Waals surface area contributed by atoms with Gasteiger partial charge < -0.3 is 10.1 Å². The predicted octanol–water partition coefficient (Wildman–Crippen LogP) is 5.64. The standard InChI is InChI=1S/C23H30N2O2S/c1-4-6-7-10-16-27-20-15-9-8-14-19(20)22(26)25-23(28)24-21-17(3)12-11-13-18(21)5-2/h8-9,11-15H,4-7,10,16H2,1-3H3,(H2,24,25,26,28). The van der Waals surface area contributed by atoms with E-state index in [1.54, 1.807) is 6.07 Å². The summed E-state index contributed by atoms with van der Waals surface area (Å²) in [7, 11) is 0. The lowest BCUT2D eigenvalue weighted by Crippen LogP contribution is -2.34. The quantitative estimate of drug-likeness (QED) is 0.424. The molecular formula is C23H30N2O2S. The van der Waals surface area contributed by atoms with E-state index in [2.05, 4.69) is 30.5 Å². The molecule has 2 aromatic rings. The Hall–Kier alpha value is -2.40. The number of anilines is 1. The molecular weight excluding hydrogens is 368 g/mol. The van der Waals surface area contributed by atoms with Crippen molar-refractivity contribution in [2.45, 2.75) is 52.9 Å². The van der Waals surface area contributed by atoms with Crippen LogP contribution in [0, 0.1) is 6.92 Å². The Morgan fingerprint density at radius 1 is 1.04 bits per heavy atom. The van der Waals surface area contributed by atoms with Crippen molar-refractivity contribution in [2.75, 3.05) is 11.9 Å². The fraction of sp³-hybridized carbons (Fsp3) is 0.391. The molecule has 2 N–H and O–H groups in total. The SMILES string of the molecule is CCCCCCOc1ccccc1C(=O)NC(=S)Nc1c(C)cccc1CC. The third kappa shape index (κ3) is 6.34. The molecule has 0 bridgehead atoms. The van der Waals surface area contributed by atoms with E-state index in [1.807, 2.05) is 37.3 Å². The van der Waals surface area contributed by atoms with Crippen molar-refractivity contribution in [1.82, 2.24) is 5.32 Å². The Balaban J connectivity index is 2.00. The Labute approximate surface area is 173 Å². The minimum absolute atomic E-state index is 0.270. The molecule has 0 fully saturated rings. The van der Waals surface area contributed by atoms with Gasteiger partial charge in [-0.15, -0.1) is 0 Å². The molecule has 0 atom stereocenters. The zero-order chi connectivity index (χ0) is 20.4. The first kappa shape index (κ1) is 21.9. The number of hydrogen-bond donors (Lipinski definition) is 2. The first-order chi connectivity index (χ1) is 13.6. The molecule has 0 radical (unpaired) electrons. The maximum atomic E-state index is 12.7. The number of aryl methyl sites for hydroxylation is 2. The van der Waals surface area contributed by atoms with Crippen molar-refractivity contribution in [1.29, 1.82) is 0 Å². The van der Waals surface area contributed by atoms with Crippen molar-refractivity contribution < 1.29 is 9.53 Å². The second kappa shape index (κ2) is 11.4. The molecule has 0 aromatic heterocycles. The van der Waals surface area contributed by atoms with Gasteiger partial charge in [-0.2, -0.15) is 0 Å². The van der Waals surface area contributed by atoms with Gasteiger partial charge in [0.2, 0.25) is 0 Å². The molecule has 0 aliphatic heterocycles. The third-order valence-corrected chi connectivity index (χ3v) is 4.80. The summed E-state index contributed by atoms with van der Waals surface area (Å²) in [6.45, 7) is 6.90. The number of unbranched alkanes of at least 4 members (excludes halogenated alkanes) is 3. The number of hydrogen-bond acceptors (Lipinski definition) is 3. The molecule has 0 spiro atoms. The summed E-state index contributed by atoms with van der Waals surface area (Å²) in [5.74, 6) is 0.317. The van der Waals surface area contributed by atoms with Gasteiger partial charge in [0.25, 0.3) is 5.91 Å². The van der Waals surface area contributed by atoms with Gasteiger partial charge >= 0.3 is 0 Å². The fourth-order valence-corrected chi connectivity index (χ4v) is 3.20. The van der Waals surface area contributed by atoms with Crippen molar-refractivity contribution in [3.05, 3.63) is 59.2 Å². The number of rotatable bonds is 9. The van der Waals surface area contributed by atoms with Gasteiger partial charge in [-0.05, 0) is 55.2 Å². The molecule has 4 nitrogen and oxygen atoms in total. The largest absolute Gasteiger partial charge is 0.493 e. The molecule has 150 valence electrons. The number of para-hydroxylation sites is 2. The zero-order valence-corrected chi connectivity index (χ0v) is 17.8. The third-order valence-electron chi connectivity index (χ3n) is 4.59. The van der Waals surface area contributed by atoms with Gasteiger partial charge in [-0.25, -0.2) is 0 Å². The monoisotopic (exact) mass is 398 g/mol. The van der Waals surface area contributed by atoms with Crippen LogP contribution in [0.1, 0.15) is 61.0 Å². The highest BCUT2D eigenvalue weighted by Gasteiger charge is 2.14. The van der Waals surface area contributed by atoms with E-state index in [1.165, 1.54) is 12.8 Å². The summed E-state index contributed by atoms with van der Waals surface area (Å²) >= 11 is 5.37. The minimum atomic E-state index is -0.270. The van der Waals surface area contributed by atoms with E-state index >= 15 is 0 Å². The fourth-order valence-electron chi connectivity index (χ4n) is 3.01. The van der Waals surface area contributed by atoms with Gasteiger partial charge in [0.05, 0.1) is 12.2 Å². The predicted molar refractivity (Wildman–Crippen MR) is 120 cm³/mol. The average Bonchev–Trinajstić information content (AvgIpc) is 2.69. The van der Waals surface area contributed by atoms with Gasteiger partial charge in [0.1, 0.15) is 5.75 Å². The summed E-state index contributed by atoms with van der Waals surface area (Å²) in [4.78, 5) is 12.7. The van der Waals surface area contributed by atoms with E-state index in [0.29, 0.717) is 17.9 Å². The second-order valence-electron chi connectivity index (χ2n) is 6.78. The highest BCUT2D eigenvalue weighted by atomic mass is 32.1. The van der Waals surface area contributed by atoms with Crippen LogP contribution in [0.5, 0.6) is 5.75 Å². The summed E-state index contributed by atoms with van der Waals surface area (Å²) in [6.07, 6.45) is 5.38. The molecule has 5 heteroatoms. The number of carbonyl (C=O) groups is 1. The number of amides is 1. The van der Waals surface area contributed by atoms with Crippen molar-refractivity contribution in [2.24, 2.45) is 0 Å². The van der Waals surface area contributed by atoms with E-state index in [-0.39, 0.29) is 11.0 Å². The van der Waals surface area contributed by atoms with Crippen molar-refractivity contribution >= 4 is 28.9 Å². The molecule has 0 aliphatic carbocycles. The van der Waals surface area contributed by atoms with Crippen LogP contribution < -0.4 is 15.4 Å². The van der Waals surface area contributed by atoms with Crippen LogP contribution in [0.25, 0.3) is 0 Å². The molecule has 0 heterocycles. The lowest BCUT2D eigenvalue weighted by atomic mass is 10.1. The average molecular weight is 399 g/mol. The van der Waals surface area contributed by atoms with Gasteiger partial charge in [-0.1, -0.05) is 63.4 Å². The Morgan fingerprint density at radius 2 is 1.82 bits per heavy atom. The maximum absolute atomic E-state index is 12.7. The lowest BCUT2D eigenvalue weighted by molar-refractivity contribution is 0.0973. The number of thiocarbonyl (C=S) groups is 1. The Kier molecular flexibility index (Phi) is 8.95. The van der Waals surface area contributed by atoms with Crippen LogP contribution >= 0.6 is 12.2 Å². The summed E-state index contributed by atoms with van der Waals surface area (Å²) in [5.41, 5.74) is 3.69. The van der Waals surface area contributed by atoms with Crippen LogP contribution in [0.4, 0.5) is 5.69 Å². The summed E-state index contributed by atoms with van der Waals surface area (Å²) in [5, 5.41) is 6.23. The van der Waals surface area contributed by atoms with E-state index in [0.717, 1.165) is 36.1 Å². The van der Waals surface area contributed by atoms with E-state index < -0.39 is 0 Å². The van der Waals surface area contributed by atoms with Gasteiger partial charge in [0.15, 0.2) is 5.11 Å². The zero-order valence-electron chi connectivity index (χ0n) is 17.0. The molecule has 28 heavy (non-hydrogen) atoms. The molecule has 0 saturated carbocycles. The topological polar surface area (TPSA) is 50.4 Å². The molecule has 0 unspecified atom stereocenters. The van der Waals surface area contributed by atoms with Crippen LogP contribution in [0.3, 0.4) is 0 Å². The first-order valence-electron chi connectivity index (χ1n) is 9.99. The summed E-state index contributed by atoms with van der Waals surface area (Å²) in [6, 6.07) is 13.4. The molecule has 0 aliphatic rings. The smallest absolute Gasteiger partial charge is 0.261 e. The number of nitrogens with one attached hydrogen (secondary N) is 2. The number of benzene rings is 2. The van der Waals surface area contributed by atoms with Crippen molar-refractivity contribution in [3.63, 3.8) is 0 Å². The van der Waals surface area contributed by atoms with Gasteiger partial charge in [-0.3, -0.25) is 10.1 Å². The maximum Gasteiger partial charge on any atom is 0.261 e. The number of ether oxygens (including phenoxy) is 1. The van der Waals surface area contributed by atoms with Crippen LogP contribution in [0.2, 0.25) is 0 Å². The molecule has 1 amide bonds. The second-order valence-corrected chi connectivity index (χ2v) is 7.18. The highest BCUT2D eigenvalue weighted by molar-refractivity contribution is 7.80. The van der Waals surface area contributed by atoms with E-state index in [9.17, 15) is 4.79 Å². The molecule has 2 aromatic carbocycles. The van der Waals surface area contributed by atoms with E-state index in [4.69, 9.17) is 17.0 Å². The molecule has 0 saturated heterocycles. The Morgan fingerprint density at radius 3 is 2.57 bits per heavy atom. The Bertz CT molecular complexity index is 805. The van der Waals surface area contributed by atoms with Crippen LogP contribution in [-0.2, 0) is 6.42 Å². The minimum Gasteiger partial charge on any atom is -0.493 e. The summed E-state index contributed by atoms with van der Waals surface area (Å²) < 4.78 is 5.84. The lowest BCUT2D eigenvalue weighted by Gasteiger charge is -2.16.